The maximum absolute atomic E-state index is 11.9. The van der Waals surface area contributed by atoms with Crippen LogP contribution >= 0.6 is 0 Å². The molecule has 0 unspecified atom stereocenters. The average molecular weight is 300 g/mol. The molecule has 0 aliphatic heterocycles. The highest BCUT2D eigenvalue weighted by atomic mass is 32.2. The summed E-state index contributed by atoms with van der Waals surface area (Å²) in [5, 5.41) is 0. The first kappa shape index (κ1) is 16.3. The van der Waals surface area contributed by atoms with E-state index in [9.17, 15) is 18.0 Å². The Hall–Kier alpha value is -1.77. The molecule has 110 valence electrons. The summed E-state index contributed by atoms with van der Waals surface area (Å²) < 4.78 is 30.9. The fraction of sp³-hybridized carbons (Fsp3) is 0.333. The number of ketones is 1. The van der Waals surface area contributed by atoms with Gasteiger partial charge in [-0.15, -0.1) is 0 Å². The predicted molar refractivity (Wildman–Crippen MR) is 71.6 cm³/mol. The van der Waals surface area contributed by atoms with Crippen molar-refractivity contribution in [3.63, 3.8) is 0 Å². The molecule has 0 saturated carbocycles. The molecule has 7 nitrogen and oxygen atoms in total. The van der Waals surface area contributed by atoms with Crippen LogP contribution in [-0.2, 0) is 19.6 Å². The van der Waals surface area contributed by atoms with Gasteiger partial charge in [-0.3, -0.25) is 9.59 Å². The van der Waals surface area contributed by atoms with Crippen LogP contribution in [0.15, 0.2) is 29.2 Å². The van der Waals surface area contributed by atoms with E-state index in [4.69, 9.17) is 10.5 Å². The Labute approximate surface area is 117 Å². The number of ether oxygens (including phenoxy) is 1. The van der Waals surface area contributed by atoms with Crippen molar-refractivity contribution in [3.05, 3.63) is 29.8 Å². The van der Waals surface area contributed by atoms with Crippen molar-refractivity contribution in [2.45, 2.75) is 11.8 Å². The first-order chi connectivity index (χ1) is 9.33. The van der Waals surface area contributed by atoms with Crippen molar-refractivity contribution in [2.24, 2.45) is 5.73 Å². The molecule has 0 aliphatic carbocycles. The van der Waals surface area contributed by atoms with Crippen LogP contribution < -0.4 is 10.5 Å². The molecule has 0 saturated heterocycles. The number of primary amides is 1. The summed E-state index contributed by atoms with van der Waals surface area (Å²) in [6, 6.07) is 5.59. The van der Waals surface area contributed by atoms with Gasteiger partial charge in [-0.1, -0.05) is 12.1 Å². The van der Waals surface area contributed by atoms with E-state index in [-0.39, 0.29) is 30.4 Å². The largest absolute Gasteiger partial charge is 0.370 e. The first-order valence-corrected chi connectivity index (χ1v) is 7.28. The number of amides is 1. The molecule has 20 heavy (non-hydrogen) atoms. The standard InChI is InChI=1S/C12H16N2O5S/c1-9(15)10-2-4-11(5-3-10)20(17,18)14-6-7-19-8-12(13)16/h2-5,14H,6-8H2,1H3,(H2,13,16). The number of Topliss-reactive ketones (excluding diaryl/α,β-unsaturated/α-hetero) is 1. The summed E-state index contributed by atoms with van der Waals surface area (Å²) in [5.74, 6) is -0.755. The zero-order chi connectivity index (χ0) is 15.2. The van der Waals surface area contributed by atoms with Crippen molar-refractivity contribution in [2.75, 3.05) is 19.8 Å². The molecule has 0 radical (unpaired) electrons. The number of hydrogen-bond donors (Lipinski definition) is 2. The Morgan fingerprint density at radius 2 is 1.85 bits per heavy atom. The first-order valence-electron chi connectivity index (χ1n) is 5.79. The summed E-state index contributed by atoms with van der Waals surface area (Å²) in [7, 11) is -3.66. The number of sulfonamides is 1. The Morgan fingerprint density at radius 1 is 1.25 bits per heavy atom. The number of nitrogens with one attached hydrogen (secondary N) is 1. The van der Waals surface area contributed by atoms with Gasteiger partial charge in [0.1, 0.15) is 6.61 Å². The Kier molecular flexibility index (Phi) is 5.81. The second-order valence-electron chi connectivity index (χ2n) is 4.00. The Morgan fingerprint density at radius 3 is 2.35 bits per heavy atom. The van der Waals surface area contributed by atoms with Gasteiger partial charge in [-0.2, -0.15) is 0 Å². The molecular weight excluding hydrogens is 284 g/mol. The summed E-state index contributed by atoms with van der Waals surface area (Å²) in [6.45, 7) is 1.20. The predicted octanol–water partition coefficient (Wildman–Crippen LogP) is -0.331. The minimum absolute atomic E-state index is 0.0179. The maximum Gasteiger partial charge on any atom is 0.243 e. The van der Waals surface area contributed by atoms with Gasteiger partial charge in [-0.25, -0.2) is 13.1 Å². The lowest BCUT2D eigenvalue weighted by atomic mass is 10.2. The molecule has 3 N–H and O–H groups in total. The fourth-order valence-electron chi connectivity index (χ4n) is 1.37. The van der Waals surface area contributed by atoms with E-state index in [1.807, 2.05) is 0 Å². The lowest BCUT2D eigenvalue weighted by Gasteiger charge is -2.07. The molecule has 0 aliphatic rings. The number of benzene rings is 1. The molecule has 1 amide bonds. The molecule has 0 aromatic heterocycles. The maximum atomic E-state index is 11.9. The van der Waals surface area contributed by atoms with Crippen LogP contribution in [0.25, 0.3) is 0 Å². The third kappa shape index (κ3) is 5.08. The van der Waals surface area contributed by atoms with Gasteiger partial charge < -0.3 is 10.5 Å². The van der Waals surface area contributed by atoms with Gasteiger partial charge in [0.2, 0.25) is 15.9 Å². The highest BCUT2D eigenvalue weighted by Gasteiger charge is 2.13. The average Bonchev–Trinajstić information content (AvgIpc) is 2.38. The van der Waals surface area contributed by atoms with E-state index in [2.05, 4.69) is 4.72 Å². The summed E-state index contributed by atoms with van der Waals surface area (Å²) >= 11 is 0. The summed E-state index contributed by atoms with van der Waals surface area (Å²) in [5.41, 5.74) is 5.30. The number of nitrogens with two attached hydrogens (primary N) is 1. The van der Waals surface area contributed by atoms with Crippen molar-refractivity contribution in [1.29, 1.82) is 0 Å². The molecule has 0 bridgehead atoms. The minimum Gasteiger partial charge on any atom is -0.370 e. The third-order valence-electron chi connectivity index (χ3n) is 2.35. The van der Waals surface area contributed by atoms with Gasteiger partial charge in [0, 0.05) is 12.1 Å². The van der Waals surface area contributed by atoms with E-state index in [1.54, 1.807) is 0 Å². The molecule has 1 aromatic carbocycles. The quantitative estimate of drug-likeness (QED) is 0.504. The molecule has 8 heteroatoms. The van der Waals surface area contributed by atoms with E-state index in [0.717, 1.165) is 0 Å². The van der Waals surface area contributed by atoms with Crippen LogP contribution in [0.2, 0.25) is 0 Å². The monoisotopic (exact) mass is 300 g/mol. The van der Waals surface area contributed by atoms with Gasteiger partial charge in [-0.05, 0) is 19.1 Å². The van der Waals surface area contributed by atoms with Crippen molar-refractivity contribution >= 4 is 21.7 Å². The number of carbonyl (C=O) groups excluding carboxylic acids is 2. The Balaban J connectivity index is 2.56. The second-order valence-corrected chi connectivity index (χ2v) is 5.76. The summed E-state index contributed by atoms with van der Waals surface area (Å²) in [4.78, 5) is 21.5. The Bertz CT molecular complexity index is 580. The van der Waals surface area contributed by atoms with Crippen LogP contribution in [0, 0.1) is 0 Å². The van der Waals surface area contributed by atoms with E-state index >= 15 is 0 Å². The van der Waals surface area contributed by atoms with Crippen LogP contribution in [0.5, 0.6) is 0 Å². The molecule has 1 rings (SSSR count). The van der Waals surface area contributed by atoms with Crippen molar-refractivity contribution in [1.82, 2.24) is 4.72 Å². The minimum atomic E-state index is -3.66. The molecule has 0 fully saturated rings. The second kappa shape index (κ2) is 7.13. The fourth-order valence-corrected chi connectivity index (χ4v) is 2.39. The van der Waals surface area contributed by atoms with E-state index in [1.165, 1.54) is 31.2 Å². The molecule has 0 spiro atoms. The lowest BCUT2D eigenvalue weighted by molar-refractivity contribution is -0.122. The van der Waals surface area contributed by atoms with Crippen LogP contribution in [0.3, 0.4) is 0 Å². The van der Waals surface area contributed by atoms with Gasteiger partial charge >= 0.3 is 0 Å². The summed E-state index contributed by atoms with van der Waals surface area (Å²) in [6.07, 6.45) is 0. The zero-order valence-electron chi connectivity index (χ0n) is 11.0. The highest BCUT2D eigenvalue weighted by molar-refractivity contribution is 7.89. The molecular formula is C12H16N2O5S. The number of rotatable bonds is 8. The van der Waals surface area contributed by atoms with E-state index < -0.39 is 15.9 Å². The topological polar surface area (TPSA) is 116 Å². The highest BCUT2D eigenvalue weighted by Crippen LogP contribution is 2.10. The van der Waals surface area contributed by atoms with Gasteiger partial charge in [0.15, 0.2) is 5.78 Å². The molecule has 1 aromatic rings. The van der Waals surface area contributed by atoms with Crippen molar-refractivity contribution in [3.8, 4) is 0 Å². The van der Waals surface area contributed by atoms with Crippen LogP contribution in [0.1, 0.15) is 17.3 Å². The smallest absolute Gasteiger partial charge is 0.243 e. The van der Waals surface area contributed by atoms with Gasteiger partial charge in [0.25, 0.3) is 0 Å². The van der Waals surface area contributed by atoms with E-state index in [0.29, 0.717) is 5.56 Å². The van der Waals surface area contributed by atoms with Crippen LogP contribution in [0.4, 0.5) is 0 Å². The third-order valence-corrected chi connectivity index (χ3v) is 3.83. The SMILES string of the molecule is CC(=O)c1ccc(S(=O)(=O)NCCOCC(N)=O)cc1. The molecule has 0 atom stereocenters. The zero-order valence-corrected chi connectivity index (χ0v) is 11.8. The van der Waals surface area contributed by atoms with Gasteiger partial charge in [0.05, 0.1) is 11.5 Å². The number of carbonyl (C=O) groups is 2. The van der Waals surface area contributed by atoms with Crippen LogP contribution in [-0.4, -0.2) is 39.9 Å². The normalized spacial score (nSPS) is 11.2. The lowest BCUT2D eigenvalue weighted by Crippen LogP contribution is -2.29. The molecule has 0 heterocycles. The number of hydrogen-bond acceptors (Lipinski definition) is 5. The van der Waals surface area contributed by atoms with Crippen molar-refractivity contribution < 1.29 is 22.7 Å².